The summed E-state index contributed by atoms with van der Waals surface area (Å²) in [7, 11) is 0. The molecule has 26 heavy (non-hydrogen) atoms. The minimum absolute atomic E-state index is 0.0176. The zero-order chi connectivity index (χ0) is 18.5. The predicted octanol–water partition coefficient (Wildman–Crippen LogP) is 4.41. The van der Waals surface area contributed by atoms with Crippen molar-refractivity contribution in [2.75, 3.05) is 10.6 Å². The number of carboxylic acids is 1. The molecule has 0 atom stereocenters. The topological polar surface area (TPSA) is 87.1 Å². The third kappa shape index (κ3) is 3.97. The van der Waals surface area contributed by atoms with Gasteiger partial charge in [0.2, 0.25) is 0 Å². The van der Waals surface area contributed by atoms with Crippen molar-refractivity contribution in [2.24, 2.45) is 0 Å². The fourth-order valence-corrected chi connectivity index (χ4v) is 2.52. The molecule has 0 bridgehead atoms. The van der Waals surface area contributed by atoms with E-state index < -0.39 is 5.97 Å². The average Bonchev–Trinajstić information content (AvgIpc) is 2.63. The fraction of sp³-hybridized carbons (Fsp3) is 0.150. The minimum atomic E-state index is -1.08. The van der Waals surface area contributed by atoms with E-state index in [0.29, 0.717) is 5.82 Å². The quantitative estimate of drug-likeness (QED) is 0.612. The highest BCUT2D eigenvalue weighted by atomic mass is 16.4. The maximum absolute atomic E-state index is 11.6. The second kappa shape index (κ2) is 7.65. The van der Waals surface area contributed by atoms with Gasteiger partial charge in [0.1, 0.15) is 11.4 Å². The van der Waals surface area contributed by atoms with Crippen molar-refractivity contribution in [1.82, 2.24) is 9.97 Å². The number of aromatic nitrogens is 2. The zero-order valence-electron chi connectivity index (χ0n) is 14.6. The van der Waals surface area contributed by atoms with Crippen molar-refractivity contribution in [1.29, 1.82) is 0 Å². The Morgan fingerprint density at radius 1 is 1.00 bits per heavy atom. The van der Waals surface area contributed by atoms with E-state index in [1.165, 1.54) is 6.20 Å². The number of anilines is 3. The van der Waals surface area contributed by atoms with Crippen LogP contribution in [0.4, 0.5) is 17.2 Å². The Bertz CT molecular complexity index is 911. The highest BCUT2D eigenvalue weighted by Crippen LogP contribution is 2.28. The first kappa shape index (κ1) is 17.4. The van der Waals surface area contributed by atoms with Gasteiger partial charge in [0.05, 0.1) is 11.4 Å². The third-order valence-electron chi connectivity index (χ3n) is 3.68. The first-order valence-corrected chi connectivity index (χ1v) is 8.33. The third-order valence-corrected chi connectivity index (χ3v) is 3.68. The monoisotopic (exact) mass is 348 g/mol. The van der Waals surface area contributed by atoms with E-state index in [9.17, 15) is 9.90 Å². The Morgan fingerprint density at radius 2 is 1.65 bits per heavy atom. The standard InChI is InChI=1S/C20H20N4O2/c1-13(2)22-16-10-6-7-11-17(16)23-19-15(20(25)26)12-21-18(24-19)14-8-4-3-5-9-14/h3-13,22H,1-2H3,(H,25,26)(H,21,23,24). The molecule has 0 unspecified atom stereocenters. The Balaban J connectivity index is 2.02. The molecule has 0 radical (unpaired) electrons. The van der Waals surface area contributed by atoms with Gasteiger partial charge in [0.25, 0.3) is 0 Å². The van der Waals surface area contributed by atoms with Crippen LogP contribution in [0, 0.1) is 0 Å². The summed E-state index contributed by atoms with van der Waals surface area (Å²) in [5, 5.41) is 16.0. The van der Waals surface area contributed by atoms with Gasteiger partial charge in [0, 0.05) is 17.8 Å². The van der Waals surface area contributed by atoms with Crippen LogP contribution in [-0.2, 0) is 0 Å². The van der Waals surface area contributed by atoms with Gasteiger partial charge in [-0.2, -0.15) is 0 Å². The second-order valence-electron chi connectivity index (χ2n) is 6.10. The number of nitrogens with one attached hydrogen (secondary N) is 2. The maximum Gasteiger partial charge on any atom is 0.341 e. The lowest BCUT2D eigenvalue weighted by atomic mass is 10.2. The Hall–Kier alpha value is -3.41. The van der Waals surface area contributed by atoms with Crippen LogP contribution in [0.2, 0.25) is 0 Å². The molecule has 0 spiro atoms. The van der Waals surface area contributed by atoms with Gasteiger partial charge in [0.15, 0.2) is 5.82 Å². The summed E-state index contributed by atoms with van der Waals surface area (Å²) in [6, 6.07) is 17.3. The Morgan fingerprint density at radius 3 is 2.31 bits per heavy atom. The van der Waals surface area contributed by atoms with Crippen molar-refractivity contribution in [2.45, 2.75) is 19.9 Å². The molecule has 0 aliphatic carbocycles. The molecule has 1 heterocycles. The SMILES string of the molecule is CC(C)Nc1ccccc1Nc1nc(-c2ccccc2)ncc1C(=O)O. The first-order valence-electron chi connectivity index (χ1n) is 8.33. The van der Waals surface area contributed by atoms with Crippen LogP contribution in [0.3, 0.4) is 0 Å². The molecule has 3 N–H and O–H groups in total. The number of para-hydroxylation sites is 2. The molecule has 0 saturated heterocycles. The van der Waals surface area contributed by atoms with Gasteiger partial charge in [-0.05, 0) is 26.0 Å². The fourth-order valence-electron chi connectivity index (χ4n) is 2.52. The lowest BCUT2D eigenvalue weighted by Crippen LogP contribution is -2.12. The number of hydrogen-bond acceptors (Lipinski definition) is 5. The van der Waals surface area contributed by atoms with Crippen LogP contribution < -0.4 is 10.6 Å². The number of hydrogen-bond donors (Lipinski definition) is 3. The molecular weight excluding hydrogens is 328 g/mol. The molecule has 132 valence electrons. The molecule has 0 aliphatic rings. The van der Waals surface area contributed by atoms with E-state index in [1.54, 1.807) is 0 Å². The number of aromatic carboxylic acids is 1. The molecular formula is C20H20N4O2. The zero-order valence-corrected chi connectivity index (χ0v) is 14.6. The lowest BCUT2D eigenvalue weighted by Gasteiger charge is -2.17. The van der Waals surface area contributed by atoms with E-state index in [0.717, 1.165) is 16.9 Å². The molecule has 3 rings (SSSR count). The van der Waals surface area contributed by atoms with Crippen molar-refractivity contribution in [3.05, 3.63) is 66.4 Å². The minimum Gasteiger partial charge on any atom is -0.477 e. The highest BCUT2D eigenvalue weighted by Gasteiger charge is 2.16. The van der Waals surface area contributed by atoms with Gasteiger partial charge in [-0.3, -0.25) is 0 Å². The van der Waals surface area contributed by atoms with E-state index in [2.05, 4.69) is 20.6 Å². The average molecular weight is 348 g/mol. The number of carboxylic acid groups (broad SMARTS) is 1. The number of nitrogens with zero attached hydrogens (tertiary/aromatic N) is 2. The molecule has 3 aromatic rings. The normalized spacial score (nSPS) is 10.6. The molecule has 0 aliphatic heterocycles. The van der Waals surface area contributed by atoms with Crippen molar-refractivity contribution < 1.29 is 9.90 Å². The summed E-state index contributed by atoms with van der Waals surface area (Å²) in [5.41, 5.74) is 2.46. The van der Waals surface area contributed by atoms with Crippen LogP contribution >= 0.6 is 0 Å². The molecule has 6 nitrogen and oxygen atoms in total. The van der Waals surface area contributed by atoms with Gasteiger partial charge in [-0.15, -0.1) is 0 Å². The van der Waals surface area contributed by atoms with Crippen LogP contribution in [0.15, 0.2) is 60.8 Å². The highest BCUT2D eigenvalue weighted by molar-refractivity contribution is 5.94. The van der Waals surface area contributed by atoms with Gasteiger partial charge in [-0.25, -0.2) is 14.8 Å². The van der Waals surface area contributed by atoms with E-state index in [4.69, 9.17) is 0 Å². The number of rotatable bonds is 6. The second-order valence-corrected chi connectivity index (χ2v) is 6.10. The smallest absolute Gasteiger partial charge is 0.341 e. The van der Waals surface area contributed by atoms with Crippen LogP contribution in [0.5, 0.6) is 0 Å². The molecule has 0 saturated carbocycles. The van der Waals surface area contributed by atoms with Gasteiger partial charge in [-0.1, -0.05) is 42.5 Å². The van der Waals surface area contributed by atoms with E-state index >= 15 is 0 Å². The summed E-state index contributed by atoms with van der Waals surface area (Å²) >= 11 is 0. The van der Waals surface area contributed by atoms with Crippen LogP contribution in [-0.4, -0.2) is 27.1 Å². The summed E-state index contributed by atoms with van der Waals surface area (Å²) < 4.78 is 0. The largest absolute Gasteiger partial charge is 0.477 e. The van der Waals surface area contributed by atoms with Gasteiger partial charge >= 0.3 is 5.97 Å². The van der Waals surface area contributed by atoms with Crippen LogP contribution in [0.25, 0.3) is 11.4 Å². The van der Waals surface area contributed by atoms with E-state index in [1.807, 2.05) is 68.4 Å². The molecule has 0 fully saturated rings. The summed E-state index contributed by atoms with van der Waals surface area (Å²) in [6.07, 6.45) is 1.33. The number of carbonyl (C=O) groups is 1. The molecule has 0 amide bonds. The summed E-state index contributed by atoms with van der Waals surface area (Å²) in [4.78, 5) is 20.2. The molecule has 1 aromatic heterocycles. The van der Waals surface area contributed by atoms with Crippen molar-refractivity contribution in [3.63, 3.8) is 0 Å². The maximum atomic E-state index is 11.6. The van der Waals surface area contributed by atoms with Crippen molar-refractivity contribution >= 4 is 23.2 Å². The van der Waals surface area contributed by atoms with E-state index in [-0.39, 0.29) is 17.4 Å². The van der Waals surface area contributed by atoms with Crippen LogP contribution in [0.1, 0.15) is 24.2 Å². The van der Waals surface area contributed by atoms with Crippen molar-refractivity contribution in [3.8, 4) is 11.4 Å². The first-order chi connectivity index (χ1) is 12.5. The summed E-state index contributed by atoms with van der Waals surface area (Å²) in [6.45, 7) is 4.08. The Kier molecular flexibility index (Phi) is 5.12. The summed E-state index contributed by atoms with van der Waals surface area (Å²) in [5.74, 6) is -0.363. The molecule has 2 aromatic carbocycles. The lowest BCUT2D eigenvalue weighted by molar-refractivity contribution is 0.0697. The Labute approximate surface area is 152 Å². The van der Waals surface area contributed by atoms with Gasteiger partial charge < -0.3 is 15.7 Å². The predicted molar refractivity (Wildman–Crippen MR) is 103 cm³/mol. The number of benzene rings is 2. The molecule has 6 heteroatoms.